The number of ether oxygens (including phenoxy) is 3. The van der Waals surface area contributed by atoms with Gasteiger partial charge >= 0.3 is 0 Å². The molecule has 0 aromatic carbocycles. The maximum Gasteiger partial charge on any atom is 0.257 e. The molecule has 0 amide bonds. The van der Waals surface area contributed by atoms with Crippen molar-refractivity contribution in [3.05, 3.63) is 43.0 Å². The fourth-order valence-corrected chi connectivity index (χ4v) is 4.63. The number of rotatable bonds is 9. The van der Waals surface area contributed by atoms with Crippen molar-refractivity contribution < 1.29 is 14.2 Å². The lowest BCUT2D eigenvalue weighted by atomic mass is 9.98. The van der Waals surface area contributed by atoms with Crippen LogP contribution in [0.2, 0.25) is 0 Å². The zero-order valence-electron chi connectivity index (χ0n) is 20.7. The van der Waals surface area contributed by atoms with Crippen molar-refractivity contribution in [1.29, 1.82) is 0 Å². The fourth-order valence-electron chi connectivity index (χ4n) is 4.63. The Hall–Kier alpha value is -3.69. The van der Waals surface area contributed by atoms with Gasteiger partial charge in [-0.25, -0.2) is 15.0 Å². The van der Waals surface area contributed by atoms with Crippen molar-refractivity contribution in [2.45, 2.75) is 64.1 Å². The number of anilines is 3. The second-order valence-corrected chi connectivity index (χ2v) is 9.05. The summed E-state index contributed by atoms with van der Waals surface area (Å²) in [5.74, 6) is 3.56. The summed E-state index contributed by atoms with van der Waals surface area (Å²) in [5.41, 5.74) is 0. The Bertz CT molecular complexity index is 1130. The molecule has 1 saturated heterocycles. The van der Waals surface area contributed by atoms with Gasteiger partial charge in [0.25, 0.3) is 5.88 Å². The molecule has 10 nitrogen and oxygen atoms in total. The van der Waals surface area contributed by atoms with Crippen molar-refractivity contribution in [3.63, 3.8) is 0 Å². The Morgan fingerprint density at radius 3 is 2.72 bits per heavy atom. The van der Waals surface area contributed by atoms with Gasteiger partial charge < -0.3 is 24.4 Å². The minimum Gasteiger partial charge on any atom is -0.488 e. The van der Waals surface area contributed by atoms with Crippen LogP contribution in [0.1, 0.15) is 51.9 Å². The van der Waals surface area contributed by atoms with E-state index in [0.717, 1.165) is 38.0 Å². The molecule has 2 aliphatic rings. The van der Waals surface area contributed by atoms with Crippen molar-refractivity contribution in [2.75, 3.05) is 29.9 Å². The Morgan fingerprint density at radius 1 is 0.944 bits per heavy atom. The molecule has 0 spiro atoms. The van der Waals surface area contributed by atoms with Crippen LogP contribution >= 0.6 is 0 Å². The molecule has 1 aliphatic carbocycles. The topological polar surface area (TPSA) is 107 Å². The highest BCUT2D eigenvalue weighted by Crippen LogP contribution is 2.28. The molecule has 36 heavy (non-hydrogen) atoms. The van der Waals surface area contributed by atoms with Crippen molar-refractivity contribution >= 4 is 17.6 Å². The predicted molar refractivity (Wildman–Crippen MR) is 136 cm³/mol. The molecule has 1 N–H and O–H groups in total. The van der Waals surface area contributed by atoms with Gasteiger partial charge in [-0.15, -0.1) is 0 Å². The van der Waals surface area contributed by atoms with Crippen LogP contribution in [0.25, 0.3) is 0 Å². The quantitative estimate of drug-likeness (QED) is 0.457. The number of nitrogens with zero attached hydrogens (tertiary/aromatic N) is 6. The zero-order chi connectivity index (χ0) is 24.6. The molecule has 2 fully saturated rings. The molecule has 1 aliphatic heterocycles. The molecule has 0 radical (unpaired) electrons. The molecule has 4 heterocycles. The second-order valence-electron chi connectivity index (χ2n) is 9.05. The number of pyridine rings is 1. The smallest absolute Gasteiger partial charge is 0.257 e. The summed E-state index contributed by atoms with van der Waals surface area (Å²) < 4.78 is 18.0. The summed E-state index contributed by atoms with van der Waals surface area (Å²) in [4.78, 5) is 24.6. The Balaban J connectivity index is 1.22. The average Bonchev–Trinajstić information content (AvgIpc) is 2.91. The van der Waals surface area contributed by atoms with E-state index >= 15 is 0 Å². The third kappa shape index (κ3) is 6.30. The van der Waals surface area contributed by atoms with E-state index in [1.807, 2.05) is 19.1 Å². The van der Waals surface area contributed by atoms with Crippen molar-refractivity contribution in [1.82, 2.24) is 24.9 Å². The molecule has 190 valence electrons. The van der Waals surface area contributed by atoms with Crippen LogP contribution in [0.15, 0.2) is 43.0 Å². The van der Waals surface area contributed by atoms with E-state index in [1.165, 1.54) is 19.3 Å². The lowest BCUT2D eigenvalue weighted by Gasteiger charge is -2.33. The van der Waals surface area contributed by atoms with E-state index in [-0.39, 0.29) is 12.2 Å². The van der Waals surface area contributed by atoms with Crippen LogP contribution in [-0.4, -0.2) is 56.8 Å². The summed E-state index contributed by atoms with van der Waals surface area (Å²) >= 11 is 0. The van der Waals surface area contributed by atoms with Gasteiger partial charge in [0.15, 0.2) is 11.6 Å². The number of piperidine rings is 1. The minimum absolute atomic E-state index is 0.0248. The average molecular weight is 492 g/mol. The van der Waals surface area contributed by atoms with E-state index in [4.69, 9.17) is 19.2 Å². The first-order chi connectivity index (χ1) is 17.8. The van der Waals surface area contributed by atoms with E-state index in [9.17, 15) is 0 Å². The molecule has 3 aromatic heterocycles. The van der Waals surface area contributed by atoms with E-state index < -0.39 is 0 Å². The highest BCUT2D eigenvalue weighted by atomic mass is 16.5. The maximum atomic E-state index is 6.22. The molecule has 3 aromatic rings. The van der Waals surface area contributed by atoms with Crippen LogP contribution in [-0.2, 0) is 0 Å². The van der Waals surface area contributed by atoms with Gasteiger partial charge in [0.05, 0.1) is 25.5 Å². The summed E-state index contributed by atoms with van der Waals surface area (Å²) in [5, 5.41) is 3.17. The number of hydrogen-bond donors (Lipinski definition) is 1. The Kier molecular flexibility index (Phi) is 7.89. The monoisotopic (exact) mass is 491 g/mol. The molecule has 0 unspecified atom stereocenters. The standard InChI is InChI=1S/C26H33N7O3/c1-2-34-21-11-6-13-28-25(21)36-20-10-7-15-33(18-20)23-17-27-16-22(30-23)31-26-29-14-12-24(32-26)35-19-8-4-3-5-9-19/h6,11-14,16-17,19-20H,2-5,7-10,15,18H2,1H3,(H,29,30,31,32)/t20-/m1/s1. The normalized spacial score (nSPS) is 18.5. The first-order valence-corrected chi connectivity index (χ1v) is 12.8. The summed E-state index contributed by atoms with van der Waals surface area (Å²) in [7, 11) is 0. The van der Waals surface area contributed by atoms with E-state index in [2.05, 4.69) is 30.2 Å². The van der Waals surface area contributed by atoms with Gasteiger partial charge in [-0.3, -0.25) is 4.98 Å². The first kappa shape index (κ1) is 24.0. The molecular formula is C26H33N7O3. The fraction of sp³-hybridized carbons (Fsp3) is 0.500. The molecule has 5 rings (SSSR count). The largest absolute Gasteiger partial charge is 0.488 e. The van der Waals surface area contributed by atoms with Gasteiger partial charge in [0.2, 0.25) is 11.8 Å². The maximum absolute atomic E-state index is 6.22. The van der Waals surface area contributed by atoms with Crippen LogP contribution in [0.5, 0.6) is 17.5 Å². The highest BCUT2D eigenvalue weighted by Gasteiger charge is 2.24. The van der Waals surface area contributed by atoms with E-state index in [0.29, 0.717) is 42.4 Å². The third-order valence-corrected chi connectivity index (χ3v) is 6.35. The zero-order valence-corrected chi connectivity index (χ0v) is 20.7. The van der Waals surface area contributed by atoms with E-state index in [1.54, 1.807) is 30.9 Å². The number of aromatic nitrogens is 5. The summed E-state index contributed by atoms with van der Waals surface area (Å²) in [6.07, 6.45) is 14.8. The summed E-state index contributed by atoms with van der Waals surface area (Å²) in [6.45, 7) is 4.07. The molecular weight excluding hydrogens is 458 g/mol. The molecule has 1 saturated carbocycles. The SMILES string of the molecule is CCOc1cccnc1O[C@@H]1CCCN(c2cncc(Nc3nccc(OC4CCCCC4)n3)n2)C1. The number of nitrogens with one attached hydrogen (secondary N) is 1. The van der Waals surface area contributed by atoms with Crippen molar-refractivity contribution in [2.24, 2.45) is 0 Å². The van der Waals surface area contributed by atoms with Gasteiger partial charge in [-0.05, 0) is 57.6 Å². The lowest BCUT2D eigenvalue weighted by molar-refractivity contribution is 0.148. The minimum atomic E-state index is -0.0248. The first-order valence-electron chi connectivity index (χ1n) is 12.8. The number of hydrogen-bond acceptors (Lipinski definition) is 10. The second kappa shape index (κ2) is 11.8. The molecule has 1 atom stereocenters. The predicted octanol–water partition coefficient (Wildman–Crippen LogP) is 4.56. The van der Waals surface area contributed by atoms with Crippen LogP contribution in [0.3, 0.4) is 0 Å². The van der Waals surface area contributed by atoms with Crippen molar-refractivity contribution in [3.8, 4) is 17.5 Å². The Morgan fingerprint density at radius 2 is 1.83 bits per heavy atom. The van der Waals surface area contributed by atoms with Gasteiger partial charge in [-0.1, -0.05) is 6.42 Å². The van der Waals surface area contributed by atoms with Crippen LogP contribution < -0.4 is 24.4 Å². The summed E-state index contributed by atoms with van der Waals surface area (Å²) in [6, 6.07) is 5.53. The van der Waals surface area contributed by atoms with Gasteiger partial charge in [0, 0.05) is 25.0 Å². The highest BCUT2D eigenvalue weighted by molar-refractivity contribution is 5.51. The Labute approximate surface area is 211 Å². The van der Waals surface area contributed by atoms with Crippen LogP contribution in [0, 0.1) is 0 Å². The lowest BCUT2D eigenvalue weighted by Crippen LogP contribution is -2.41. The third-order valence-electron chi connectivity index (χ3n) is 6.35. The molecule has 0 bridgehead atoms. The van der Waals surface area contributed by atoms with Gasteiger partial charge in [-0.2, -0.15) is 4.98 Å². The van der Waals surface area contributed by atoms with Gasteiger partial charge in [0.1, 0.15) is 18.0 Å². The van der Waals surface area contributed by atoms with Crippen LogP contribution in [0.4, 0.5) is 17.6 Å². The molecule has 10 heteroatoms.